The maximum absolute atomic E-state index is 2.49. The summed E-state index contributed by atoms with van der Waals surface area (Å²) in [6.45, 7) is 6.52. The maximum Gasteiger partial charge on any atom is -0.00762 e. The van der Waals surface area contributed by atoms with Crippen molar-refractivity contribution in [2.45, 2.75) is 27.7 Å². The Labute approximate surface area is 239 Å². The molecule has 0 spiro atoms. The van der Waals surface area contributed by atoms with Crippen LogP contribution < -0.4 is 10.6 Å². The van der Waals surface area contributed by atoms with Crippen LogP contribution >= 0.6 is 6.89 Å². The third-order valence-corrected chi connectivity index (χ3v) is 12.1. The molecule has 5 aromatic carbocycles. The molecule has 40 heavy (non-hydrogen) atoms. The molecule has 0 fully saturated rings. The van der Waals surface area contributed by atoms with Gasteiger partial charge in [-0.15, -0.1) is 0 Å². The first-order valence-corrected chi connectivity index (χ1v) is 15.8. The van der Waals surface area contributed by atoms with Gasteiger partial charge in [-0.2, -0.15) is 0 Å². The molecule has 0 saturated heterocycles. The number of hydrogen-bond acceptors (Lipinski definition) is 0. The van der Waals surface area contributed by atoms with Gasteiger partial charge in [-0.1, -0.05) is 150 Å². The Bertz CT molecular complexity index is 1780. The summed E-state index contributed by atoms with van der Waals surface area (Å²) in [6.07, 6.45) is 4.98. The van der Waals surface area contributed by atoms with Crippen LogP contribution in [0, 0.1) is 27.7 Å². The minimum atomic E-state index is -2.31. The lowest BCUT2D eigenvalue weighted by Gasteiger charge is -2.37. The molecule has 0 bridgehead atoms. The topological polar surface area (TPSA) is 0 Å². The van der Waals surface area contributed by atoms with Crippen molar-refractivity contribution in [3.8, 4) is 0 Å². The van der Waals surface area contributed by atoms with E-state index in [1.54, 1.807) is 0 Å². The fourth-order valence-electron chi connectivity index (χ4n) is 6.00. The molecule has 0 N–H and O–H groups in total. The van der Waals surface area contributed by atoms with Gasteiger partial charge in [0.2, 0.25) is 0 Å². The summed E-state index contributed by atoms with van der Waals surface area (Å²) in [7, 11) is 0. The first-order chi connectivity index (χ1) is 19.4. The number of hydrogen-bond donors (Lipinski definition) is 0. The molecule has 0 aliphatic carbocycles. The van der Waals surface area contributed by atoms with Crippen LogP contribution in [-0.2, 0) is 0 Å². The van der Waals surface area contributed by atoms with E-state index in [2.05, 4.69) is 167 Å². The van der Waals surface area contributed by atoms with Crippen LogP contribution in [0.4, 0.5) is 0 Å². The van der Waals surface area contributed by atoms with Crippen molar-refractivity contribution in [1.29, 1.82) is 0 Å². The average molecular weight is 535 g/mol. The zero-order chi connectivity index (χ0) is 27.7. The normalized spacial score (nSPS) is 14.4. The highest BCUT2D eigenvalue weighted by Gasteiger charge is 2.35. The van der Waals surface area contributed by atoms with Gasteiger partial charge >= 0.3 is 0 Å². The highest BCUT2D eigenvalue weighted by molar-refractivity contribution is 7.98. The van der Waals surface area contributed by atoms with E-state index in [0.717, 1.165) is 0 Å². The molecule has 0 unspecified atom stereocenters. The van der Waals surface area contributed by atoms with E-state index in [1.807, 2.05) is 0 Å². The molecule has 196 valence electrons. The molecular weight excluding hydrogens is 499 g/mol. The van der Waals surface area contributed by atoms with E-state index in [-0.39, 0.29) is 0 Å². The van der Waals surface area contributed by atoms with Gasteiger partial charge in [0, 0.05) is 0 Å². The molecule has 0 nitrogen and oxygen atoms in total. The van der Waals surface area contributed by atoms with Gasteiger partial charge in [0.1, 0.15) is 0 Å². The Kier molecular flexibility index (Phi) is 7.05. The minimum Gasteiger partial charge on any atom is -0.0622 e. The van der Waals surface area contributed by atoms with Crippen molar-refractivity contribution < 1.29 is 0 Å². The lowest BCUT2D eigenvalue weighted by molar-refractivity contribution is 1.45. The largest absolute Gasteiger partial charge is 0.0622 e. The van der Waals surface area contributed by atoms with Crippen LogP contribution in [0.25, 0.3) is 10.9 Å². The predicted octanol–water partition coefficient (Wildman–Crippen LogP) is 9.25. The molecule has 0 saturated carbocycles. The Morgan fingerprint density at radius 3 is 1.43 bits per heavy atom. The van der Waals surface area contributed by atoms with E-state index < -0.39 is 6.89 Å². The molecule has 1 heteroatoms. The van der Waals surface area contributed by atoms with Gasteiger partial charge in [0.15, 0.2) is 0 Å². The lowest BCUT2D eigenvalue weighted by Crippen LogP contribution is -2.26. The van der Waals surface area contributed by atoms with Crippen LogP contribution in [0.5, 0.6) is 0 Å². The second-order valence-electron chi connectivity index (χ2n) is 11.0. The average Bonchev–Trinajstić information content (AvgIpc) is 2.97. The molecule has 0 amide bonds. The Hall–Kier alpha value is -4.12. The Balaban J connectivity index is 1.88. The summed E-state index contributed by atoms with van der Waals surface area (Å²) in [4.78, 5) is 0. The highest BCUT2D eigenvalue weighted by Crippen LogP contribution is 2.63. The maximum atomic E-state index is 2.49. The number of rotatable bonds is 5. The molecule has 5 aromatic rings. The first-order valence-electron chi connectivity index (χ1n) is 14.0. The Morgan fingerprint density at radius 2 is 0.875 bits per heavy atom. The highest BCUT2D eigenvalue weighted by atomic mass is 31.2. The van der Waals surface area contributed by atoms with Crippen molar-refractivity contribution >= 4 is 33.7 Å². The van der Waals surface area contributed by atoms with Gasteiger partial charge in [0.05, 0.1) is 0 Å². The third kappa shape index (κ3) is 4.74. The van der Waals surface area contributed by atoms with Crippen molar-refractivity contribution in [3.05, 3.63) is 178 Å². The molecule has 1 heterocycles. The summed E-state index contributed by atoms with van der Waals surface area (Å²) in [5, 5.41) is 5.60. The third-order valence-electron chi connectivity index (χ3n) is 7.82. The number of allylic oxidation sites excluding steroid dienone is 3. The molecule has 1 aliphatic heterocycles. The van der Waals surface area contributed by atoms with Crippen LogP contribution in [0.3, 0.4) is 0 Å². The minimum absolute atomic E-state index is 1.24. The van der Waals surface area contributed by atoms with Crippen molar-refractivity contribution in [1.82, 2.24) is 0 Å². The van der Waals surface area contributed by atoms with Crippen molar-refractivity contribution in [2.75, 3.05) is 0 Å². The number of aryl methyl sites for hydroxylation is 4. The van der Waals surface area contributed by atoms with E-state index in [1.165, 1.54) is 65.7 Å². The van der Waals surface area contributed by atoms with E-state index in [9.17, 15) is 0 Å². The van der Waals surface area contributed by atoms with E-state index in [4.69, 9.17) is 0 Å². The van der Waals surface area contributed by atoms with Gasteiger partial charge in [-0.3, -0.25) is 0 Å². The molecule has 0 atom stereocenters. The van der Waals surface area contributed by atoms with Crippen LogP contribution in [0.1, 0.15) is 38.9 Å². The van der Waals surface area contributed by atoms with Gasteiger partial charge in [0.25, 0.3) is 0 Å². The number of benzene rings is 5. The van der Waals surface area contributed by atoms with E-state index >= 15 is 0 Å². The zero-order valence-electron chi connectivity index (χ0n) is 23.7. The van der Waals surface area contributed by atoms with Gasteiger partial charge < -0.3 is 0 Å². The molecule has 0 aromatic heterocycles. The van der Waals surface area contributed by atoms with Crippen molar-refractivity contribution in [3.63, 3.8) is 0 Å². The smallest absolute Gasteiger partial charge is 0.00762 e. The van der Waals surface area contributed by atoms with Crippen LogP contribution in [0.15, 0.2) is 140 Å². The van der Waals surface area contributed by atoms with E-state index in [0.29, 0.717) is 0 Å². The van der Waals surface area contributed by atoms with Gasteiger partial charge in [-0.05, 0) is 90.2 Å². The molecule has 0 radical (unpaired) electrons. The summed E-state index contributed by atoms with van der Waals surface area (Å²) in [6, 6.07) is 47.5. The van der Waals surface area contributed by atoms with Gasteiger partial charge in [-0.25, -0.2) is 0 Å². The molecule has 6 rings (SSSR count). The second-order valence-corrected chi connectivity index (χ2v) is 14.3. The lowest BCUT2D eigenvalue weighted by atomic mass is 9.99. The standard InChI is InChI=1S/C39H35P/c1-28-12-8-18-33(22-28)38-26-35(32-16-6-5-7-17-32)27-39(34-19-9-13-29(2)23-34)40(38,36-20-10-14-30(3)24-36)37-21-11-15-31(4)25-37/h5-27H,1-4H3. The second kappa shape index (κ2) is 10.8. The summed E-state index contributed by atoms with van der Waals surface area (Å²) < 4.78 is 0. The fourth-order valence-corrected chi connectivity index (χ4v) is 10.8. The fraction of sp³-hybridized carbons (Fsp3) is 0.103. The van der Waals surface area contributed by atoms with Crippen LogP contribution in [0.2, 0.25) is 0 Å². The molecule has 1 aliphatic rings. The monoisotopic (exact) mass is 534 g/mol. The zero-order valence-corrected chi connectivity index (χ0v) is 24.6. The summed E-state index contributed by atoms with van der Waals surface area (Å²) >= 11 is 0. The summed E-state index contributed by atoms with van der Waals surface area (Å²) in [5.41, 5.74) is 10.2. The Morgan fingerprint density at radius 1 is 0.400 bits per heavy atom. The first kappa shape index (κ1) is 26.1. The summed E-state index contributed by atoms with van der Waals surface area (Å²) in [5.74, 6) is 0. The molecular formula is C39H35P. The quantitative estimate of drug-likeness (QED) is 0.197. The van der Waals surface area contributed by atoms with Crippen LogP contribution in [-0.4, -0.2) is 5.29 Å². The SMILES string of the molecule is Cc1cccc(C2=CC(c3ccccc3)=CC(c3cccc(C)c3)=P2(c2cccc(C)c2)c2cccc(C)c2)c1. The predicted molar refractivity (Wildman–Crippen MR) is 177 cm³/mol. The van der Waals surface area contributed by atoms with Crippen molar-refractivity contribution in [2.24, 2.45) is 0 Å².